The maximum absolute atomic E-state index is 12.3. The first-order chi connectivity index (χ1) is 11.6. The molecule has 2 atom stereocenters. The lowest BCUT2D eigenvalue weighted by atomic mass is 9.90. The zero-order valence-corrected chi connectivity index (χ0v) is 15.4. The summed E-state index contributed by atoms with van der Waals surface area (Å²) in [6.45, 7) is 6.27. The standard InChI is InChI=1S/C18H27N3O2S/c1-3-8-21-9-4-5-14(21)17(22)19-20-18(23)16-11-13-10-12(2)6-7-15(13)24-16/h11-12,14H,3-10H2,1-2H3,(H,19,22)(H,20,23). The normalized spacial score (nSPS) is 23.8. The molecule has 2 amide bonds. The lowest BCUT2D eigenvalue weighted by Crippen LogP contribution is -2.50. The van der Waals surface area contributed by atoms with Gasteiger partial charge in [0.15, 0.2) is 0 Å². The van der Waals surface area contributed by atoms with Gasteiger partial charge in [-0.25, -0.2) is 0 Å². The molecular weight excluding hydrogens is 322 g/mol. The first kappa shape index (κ1) is 17.4. The summed E-state index contributed by atoms with van der Waals surface area (Å²) < 4.78 is 0. The topological polar surface area (TPSA) is 61.4 Å². The number of likely N-dealkylation sites (tertiary alicyclic amines) is 1. The van der Waals surface area contributed by atoms with Crippen LogP contribution in [0.3, 0.4) is 0 Å². The van der Waals surface area contributed by atoms with Crippen molar-refractivity contribution in [2.75, 3.05) is 13.1 Å². The van der Waals surface area contributed by atoms with Gasteiger partial charge in [-0.15, -0.1) is 11.3 Å². The van der Waals surface area contributed by atoms with E-state index in [1.165, 1.54) is 16.9 Å². The Bertz CT molecular complexity index is 613. The summed E-state index contributed by atoms with van der Waals surface area (Å²) in [5, 5.41) is 0. The van der Waals surface area contributed by atoms with E-state index in [-0.39, 0.29) is 17.9 Å². The second kappa shape index (κ2) is 7.66. The van der Waals surface area contributed by atoms with E-state index in [2.05, 4.69) is 29.6 Å². The summed E-state index contributed by atoms with van der Waals surface area (Å²) in [5.74, 6) is 0.398. The van der Waals surface area contributed by atoms with Gasteiger partial charge < -0.3 is 0 Å². The van der Waals surface area contributed by atoms with Crippen molar-refractivity contribution in [1.82, 2.24) is 15.8 Å². The molecule has 2 unspecified atom stereocenters. The third-order valence-electron chi connectivity index (χ3n) is 5.03. The molecule has 0 radical (unpaired) electrons. The smallest absolute Gasteiger partial charge is 0.279 e. The van der Waals surface area contributed by atoms with E-state index in [1.807, 2.05) is 6.07 Å². The minimum absolute atomic E-state index is 0.0933. The highest BCUT2D eigenvalue weighted by molar-refractivity contribution is 7.14. The van der Waals surface area contributed by atoms with Crippen LogP contribution < -0.4 is 10.9 Å². The number of hydrogen-bond donors (Lipinski definition) is 2. The van der Waals surface area contributed by atoms with Gasteiger partial charge in [-0.05, 0) is 69.2 Å². The Balaban J connectivity index is 1.55. The summed E-state index contributed by atoms with van der Waals surface area (Å²) in [5.41, 5.74) is 6.54. The number of thiophene rings is 1. The quantitative estimate of drug-likeness (QED) is 0.821. The molecule has 1 fully saturated rings. The van der Waals surface area contributed by atoms with Crippen molar-refractivity contribution in [1.29, 1.82) is 0 Å². The highest BCUT2D eigenvalue weighted by Gasteiger charge is 2.30. The average Bonchev–Trinajstić information content (AvgIpc) is 3.18. The van der Waals surface area contributed by atoms with Crippen LogP contribution in [0.4, 0.5) is 0 Å². The summed E-state index contributed by atoms with van der Waals surface area (Å²) in [7, 11) is 0. The van der Waals surface area contributed by atoms with Crippen LogP contribution in [0.25, 0.3) is 0 Å². The molecule has 1 aliphatic carbocycles. The number of aryl methyl sites for hydroxylation is 1. The van der Waals surface area contributed by atoms with Gasteiger partial charge in [0.1, 0.15) is 0 Å². The third kappa shape index (κ3) is 3.81. The molecule has 5 nitrogen and oxygen atoms in total. The Labute approximate surface area is 147 Å². The summed E-state index contributed by atoms with van der Waals surface area (Å²) in [6.07, 6.45) is 6.26. The van der Waals surface area contributed by atoms with Gasteiger partial charge in [0.25, 0.3) is 11.8 Å². The van der Waals surface area contributed by atoms with E-state index in [1.54, 1.807) is 11.3 Å². The minimum Gasteiger partial charge on any atom is -0.292 e. The first-order valence-electron chi connectivity index (χ1n) is 9.04. The fourth-order valence-electron chi connectivity index (χ4n) is 3.76. The maximum atomic E-state index is 12.3. The van der Waals surface area contributed by atoms with Gasteiger partial charge in [0.05, 0.1) is 10.9 Å². The molecular formula is C18H27N3O2S. The van der Waals surface area contributed by atoms with Crippen molar-refractivity contribution in [2.45, 2.75) is 58.4 Å². The number of fused-ring (bicyclic) bond motifs is 1. The van der Waals surface area contributed by atoms with Gasteiger partial charge in [0, 0.05) is 4.88 Å². The highest BCUT2D eigenvalue weighted by atomic mass is 32.1. The lowest BCUT2D eigenvalue weighted by molar-refractivity contribution is -0.126. The Morgan fingerprint density at radius 1 is 1.33 bits per heavy atom. The van der Waals surface area contributed by atoms with Crippen molar-refractivity contribution in [3.05, 3.63) is 21.4 Å². The predicted octanol–water partition coefficient (Wildman–Crippen LogP) is 2.51. The predicted molar refractivity (Wildman–Crippen MR) is 96.0 cm³/mol. The summed E-state index contributed by atoms with van der Waals surface area (Å²) >= 11 is 1.56. The molecule has 132 valence electrons. The van der Waals surface area contributed by atoms with Crippen LogP contribution in [0.5, 0.6) is 0 Å². The van der Waals surface area contributed by atoms with Crippen molar-refractivity contribution in [2.24, 2.45) is 5.92 Å². The molecule has 0 bridgehead atoms. The van der Waals surface area contributed by atoms with Crippen LogP contribution in [0, 0.1) is 5.92 Å². The number of carbonyl (C=O) groups is 2. The maximum Gasteiger partial charge on any atom is 0.279 e. The molecule has 1 aliphatic heterocycles. The van der Waals surface area contributed by atoms with E-state index in [4.69, 9.17) is 0 Å². The number of hydrogen-bond acceptors (Lipinski definition) is 4. The van der Waals surface area contributed by atoms with E-state index in [9.17, 15) is 9.59 Å². The van der Waals surface area contributed by atoms with Gasteiger partial charge in [-0.1, -0.05) is 13.8 Å². The number of rotatable bonds is 4. The van der Waals surface area contributed by atoms with Crippen molar-refractivity contribution in [3.8, 4) is 0 Å². The van der Waals surface area contributed by atoms with Gasteiger partial charge in [-0.2, -0.15) is 0 Å². The third-order valence-corrected chi connectivity index (χ3v) is 6.27. The van der Waals surface area contributed by atoms with E-state index in [0.29, 0.717) is 10.8 Å². The molecule has 0 saturated carbocycles. The van der Waals surface area contributed by atoms with Crippen LogP contribution in [0.1, 0.15) is 59.6 Å². The summed E-state index contributed by atoms with van der Waals surface area (Å²) in [6, 6.07) is 1.89. The number of hydrazine groups is 1. The second-order valence-corrected chi connectivity index (χ2v) is 8.18. The Morgan fingerprint density at radius 3 is 2.96 bits per heavy atom. The summed E-state index contributed by atoms with van der Waals surface area (Å²) in [4.78, 5) is 28.9. The Morgan fingerprint density at radius 2 is 2.17 bits per heavy atom. The molecule has 1 aromatic heterocycles. The SMILES string of the molecule is CCCN1CCCC1C(=O)NNC(=O)c1cc2c(s1)CCC(C)C2. The van der Waals surface area contributed by atoms with Crippen LogP contribution in [-0.2, 0) is 17.6 Å². The fourth-order valence-corrected chi connectivity index (χ4v) is 4.86. The van der Waals surface area contributed by atoms with Crippen LogP contribution in [0.15, 0.2) is 6.07 Å². The molecule has 2 N–H and O–H groups in total. The van der Waals surface area contributed by atoms with Gasteiger partial charge >= 0.3 is 0 Å². The van der Waals surface area contributed by atoms with Crippen molar-refractivity contribution >= 4 is 23.2 Å². The second-order valence-electron chi connectivity index (χ2n) is 7.04. The number of amides is 2. The number of nitrogens with zero attached hydrogens (tertiary/aromatic N) is 1. The molecule has 0 spiro atoms. The lowest BCUT2D eigenvalue weighted by Gasteiger charge is -2.22. The highest BCUT2D eigenvalue weighted by Crippen LogP contribution is 2.32. The van der Waals surface area contributed by atoms with Gasteiger partial charge in [-0.3, -0.25) is 25.3 Å². The van der Waals surface area contributed by atoms with E-state index >= 15 is 0 Å². The van der Waals surface area contributed by atoms with Crippen LogP contribution in [-0.4, -0.2) is 35.8 Å². The molecule has 0 aromatic carbocycles. The van der Waals surface area contributed by atoms with Crippen molar-refractivity contribution < 1.29 is 9.59 Å². The number of nitrogens with one attached hydrogen (secondary N) is 2. The molecule has 6 heteroatoms. The Hall–Kier alpha value is -1.40. The van der Waals surface area contributed by atoms with Crippen LogP contribution >= 0.6 is 11.3 Å². The molecule has 2 heterocycles. The van der Waals surface area contributed by atoms with Crippen molar-refractivity contribution in [3.63, 3.8) is 0 Å². The molecule has 1 saturated heterocycles. The number of carbonyl (C=O) groups excluding carboxylic acids is 2. The largest absolute Gasteiger partial charge is 0.292 e. The zero-order valence-electron chi connectivity index (χ0n) is 14.6. The molecule has 1 aromatic rings. The monoisotopic (exact) mass is 349 g/mol. The zero-order chi connectivity index (χ0) is 17.1. The molecule has 2 aliphatic rings. The first-order valence-corrected chi connectivity index (χ1v) is 9.86. The van der Waals surface area contributed by atoms with E-state index < -0.39 is 0 Å². The molecule has 24 heavy (non-hydrogen) atoms. The van der Waals surface area contributed by atoms with E-state index in [0.717, 1.165) is 45.2 Å². The van der Waals surface area contributed by atoms with Gasteiger partial charge in [0.2, 0.25) is 0 Å². The fraction of sp³-hybridized carbons (Fsp3) is 0.667. The average molecular weight is 350 g/mol. The Kier molecular flexibility index (Phi) is 5.56. The molecule has 3 rings (SSSR count). The van der Waals surface area contributed by atoms with Crippen LogP contribution in [0.2, 0.25) is 0 Å². The minimum atomic E-state index is -0.199.